The summed E-state index contributed by atoms with van der Waals surface area (Å²) in [4.78, 5) is 28.9. The van der Waals surface area contributed by atoms with Gasteiger partial charge in [-0.2, -0.15) is 0 Å². The second-order valence-electron chi connectivity index (χ2n) is 11.1. The zero-order chi connectivity index (χ0) is 28.2. The van der Waals surface area contributed by atoms with Gasteiger partial charge in [0.05, 0.1) is 13.2 Å². The highest BCUT2D eigenvalue weighted by molar-refractivity contribution is 5.91. The molecule has 224 valence electrons. The molecule has 0 aliphatic heterocycles. The lowest BCUT2D eigenvalue weighted by atomic mass is 10.0. The lowest BCUT2D eigenvalue weighted by molar-refractivity contribution is 0.0482. The number of rotatable bonds is 27. The second kappa shape index (κ2) is 26.3. The molecule has 0 spiro atoms. The largest absolute Gasteiger partial charge is 0.461 e. The Bertz CT molecular complexity index is 721. The number of aromatic nitrogens is 1. The van der Waals surface area contributed by atoms with Crippen LogP contribution in [0, 0.1) is 0 Å². The average Bonchev–Trinajstić information content (AvgIpc) is 2.96. The summed E-state index contributed by atoms with van der Waals surface area (Å²) in [7, 11) is 0. The van der Waals surface area contributed by atoms with Gasteiger partial charge in [0.2, 0.25) is 0 Å². The first-order chi connectivity index (χ1) is 19.2. The molecule has 0 aliphatic carbocycles. The fourth-order valence-electron chi connectivity index (χ4n) is 4.85. The third-order valence-electron chi connectivity index (χ3n) is 7.38. The molecule has 1 aromatic heterocycles. The predicted octanol–water partition coefficient (Wildman–Crippen LogP) is 10.4. The molecule has 0 saturated carbocycles. The smallest absolute Gasteiger partial charge is 0.356 e. The zero-order valence-electron chi connectivity index (χ0n) is 25.5. The summed E-state index contributed by atoms with van der Waals surface area (Å²) in [5.41, 5.74) is 0.329. The summed E-state index contributed by atoms with van der Waals surface area (Å²) in [5.74, 6) is -0.949. The molecule has 1 rings (SSSR count). The van der Waals surface area contributed by atoms with Gasteiger partial charge < -0.3 is 9.47 Å². The van der Waals surface area contributed by atoms with E-state index in [1.807, 2.05) is 0 Å². The molecule has 0 unspecified atom stereocenters. The van der Waals surface area contributed by atoms with Crippen molar-refractivity contribution < 1.29 is 19.1 Å². The van der Waals surface area contributed by atoms with Crippen LogP contribution in [0.2, 0.25) is 0 Å². The monoisotopic (exact) mass is 545 g/mol. The third-order valence-corrected chi connectivity index (χ3v) is 7.38. The number of carbonyl (C=O) groups excluding carboxylic acids is 2. The van der Waals surface area contributed by atoms with Crippen LogP contribution in [0.1, 0.15) is 183 Å². The van der Waals surface area contributed by atoms with Gasteiger partial charge in [-0.15, -0.1) is 0 Å². The van der Waals surface area contributed by atoms with Gasteiger partial charge >= 0.3 is 11.9 Å². The molecule has 1 heterocycles. The van der Waals surface area contributed by atoms with Gasteiger partial charge in [0.15, 0.2) is 0 Å². The van der Waals surface area contributed by atoms with E-state index < -0.39 is 11.9 Å². The quantitative estimate of drug-likeness (QED) is 0.0812. The van der Waals surface area contributed by atoms with Gasteiger partial charge in [-0.25, -0.2) is 14.6 Å². The van der Waals surface area contributed by atoms with Crippen LogP contribution in [0.15, 0.2) is 18.2 Å². The molecule has 0 fully saturated rings. The number of hydrogen-bond donors (Lipinski definition) is 0. The molecule has 5 nitrogen and oxygen atoms in total. The summed E-state index contributed by atoms with van der Waals surface area (Å²) >= 11 is 0. The molecular weight excluding hydrogens is 486 g/mol. The maximum atomic E-state index is 12.4. The number of hydrogen-bond acceptors (Lipinski definition) is 5. The van der Waals surface area contributed by atoms with Gasteiger partial charge in [0.25, 0.3) is 0 Å². The molecule has 0 aromatic carbocycles. The predicted molar refractivity (Wildman–Crippen MR) is 162 cm³/mol. The van der Waals surface area contributed by atoms with Crippen molar-refractivity contribution in [2.75, 3.05) is 13.2 Å². The Morgan fingerprint density at radius 2 is 0.769 bits per heavy atom. The van der Waals surface area contributed by atoms with Gasteiger partial charge in [-0.05, 0) is 25.0 Å². The normalized spacial score (nSPS) is 11.0. The van der Waals surface area contributed by atoms with Crippen LogP contribution in [-0.2, 0) is 9.47 Å². The first kappa shape index (κ1) is 35.1. The van der Waals surface area contributed by atoms with E-state index in [1.54, 1.807) is 18.2 Å². The highest BCUT2D eigenvalue weighted by Crippen LogP contribution is 2.13. The maximum absolute atomic E-state index is 12.4. The fraction of sp³-hybridized carbons (Fsp3) is 0.794. The van der Waals surface area contributed by atoms with Crippen molar-refractivity contribution in [3.8, 4) is 0 Å². The Hall–Kier alpha value is -1.91. The van der Waals surface area contributed by atoms with E-state index in [0.29, 0.717) is 13.2 Å². The SMILES string of the molecule is CCCCCCCCCCCCCCCOC(=O)c1cccc(C(=O)OCCCCCCCCCCCC)n1. The van der Waals surface area contributed by atoms with Gasteiger partial charge in [-0.1, -0.05) is 155 Å². The number of unbranched alkanes of at least 4 members (excludes halogenated alkanes) is 21. The van der Waals surface area contributed by atoms with Crippen LogP contribution >= 0.6 is 0 Å². The van der Waals surface area contributed by atoms with Crippen molar-refractivity contribution in [2.24, 2.45) is 0 Å². The van der Waals surface area contributed by atoms with Crippen LogP contribution < -0.4 is 0 Å². The minimum absolute atomic E-state index is 0.164. The summed E-state index contributed by atoms with van der Waals surface area (Å²) in [5, 5.41) is 0. The second-order valence-corrected chi connectivity index (χ2v) is 11.1. The Morgan fingerprint density at radius 3 is 1.08 bits per heavy atom. The molecule has 0 amide bonds. The van der Waals surface area contributed by atoms with Crippen LogP contribution in [0.3, 0.4) is 0 Å². The van der Waals surface area contributed by atoms with Crippen LogP contribution in [0.4, 0.5) is 0 Å². The molecule has 0 aliphatic rings. The molecule has 0 atom stereocenters. The Morgan fingerprint density at radius 1 is 0.487 bits per heavy atom. The topological polar surface area (TPSA) is 65.5 Å². The van der Waals surface area contributed by atoms with E-state index in [0.717, 1.165) is 25.7 Å². The van der Waals surface area contributed by atoms with Crippen molar-refractivity contribution in [3.63, 3.8) is 0 Å². The number of esters is 2. The molecule has 0 saturated heterocycles. The molecule has 0 N–H and O–H groups in total. The molecule has 0 radical (unpaired) electrons. The Kier molecular flexibility index (Phi) is 23.7. The molecule has 39 heavy (non-hydrogen) atoms. The van der Waals surface area contributed by atoms with E-state index >= 15 is 0 Å². The van der Waals surface area contributed by atoms with Crippen LogP contribution in [0.5, 0.6) is 0 Å². The Balaban J connectivity index is 2.04. The van der Waals surface area contributed by atoms with E-state index in [2.05, 4.69) is 18.8 Å². The van der Waals surface area contributed by atoms with Gasteiger partial charge in [0.1, 0.15) is 11.4 Å². The minimum atomic E-state index is -0.475. The van der Waals surface area contributed by atoms with Crippen molar-refractivity contribution in [3.05, 3.63) is 29.6 Å². The van der Waals surface area contributed by atoms with Crippen molar-refractivity contribution in [2.45, 2.75) is 162 Å². The Labute approximate surface area is 240 Å². The number of carbonyl (C=O) groups is 2. The molecule has 5 heteroatoms. The fourth-order valence-corrected chi connectivity index (χ4v) is 4.85. The van der Waals surface area contributed by atoms with Crippen molar-refractivity contribution in [1.82, 2.24) is 4.98 Å². The lowest BCUT2D eigenvalue weighted by Crippen LogP contribution is -2.13. The standard InChI is InChI=1S/C34H59NO4/c1-3-5-7-9-11-13-15-16-17-19-21-23-25-30-39-34(37)32-28-26-27-31(35-32)33(36)38-29-24-22-20-18-14-12-10-8-6-4-2/h26-28H,3-25,29-30H2,1-2H3. The highest BCUT2D eigenvalue weighted by Gasteiger charge is 2.14. The lowest BCUT2D eigenvalue weighted by Gasteiger charge is -2.07. The number of ether oxygens (including phenoxy) is 2. The highest BCUT2D eigenvalue weighted by atomic mass is 16.5. The molecule has 0 bridgehead atoms. The summed E-state index contributed by atoms with van der Waals surface area (Å²) in [6.45, 7) is 5.30. The molecular formula is C34H59NO4. The minimum Gasteiger partial charge on any atom is -0.461 e. The first-order valence-corrected chi connectivity index (χ1v) is 16.5. The maximum Gasteiger partial charge on any atom is 0.356 e. The number of nitrogens with zero attached hydrogens (tertiary/aromatic N) is 1. The van der Waals surface area contributed by atoms with E-state index in [1.165, 1.54) is 122 Å². The van der Waals surface area contributed by atoms with Crippen LogP contribution in [0.25, 0.3) is 0 Å². The van der Waals surface area contributed by atoms with Crippen molar-refractivity contribution >= 4 is 11.9 Å². The van der Waals surface area contributed by atoms with Gasteiger partial charge in [-0.3, -0.25) is 0 Å². The van der Waals surface area contributed by atoms with Crippen LogP contribution in [-0.4, -0.2) is 30.1 Å². The average molecular weight is 546 g/mol. The van der Waals surface area contributed by atoms with E-state index in [-0.39, 0.29) is 11.4 Å². The summed E-state index contributed by atoms with van der Waals surface area (Å²) in [6.07, 6.45) is 29.0. The first-order valence-electron chi connectivity index (χ1n) is 16.5. The summed E-state index contributed by atoms with van der Waals surface area (Å²) in [6, 6.07) is 4.83. The van der Waals surface area contributed by atoms with E-state index in [4.69, 9.17) is 9.47 Å². The zero-order valence-corrected chi connectivity index (χ0v) is 25.5. The molecule has 1 aromatic rings. The summed E-state index contributed by atoms with van der Waals surface area (Å²) < 4.78 is 10.7. The number of pyridine rings is 1. The third kappa shape index (κ3) is 20.6. The van der Waals surface area contributed by atoms with Crippen molar-refractivity contribution in [1.29, 1.82) is 0 Å². The van der Waals surface area contributed by atoms with E-state index in [9.17, 15) is 9.59 Å². The van der Waals surface area contributed by atoms with Gasteiger partial charge in [0, 0.05) is 0 Å².